The van der Waals surface area contributed by atoms with E-state index in [2.05, 4.69) is 22.3 Å². The van der Waals surface area contributed by atoms with Crippen LogP contribution in [0.5, 0.6) is 0 Å². The molecule has 2 aromatic heterocycles. The molecule has 0 fully saturated rings. The van der Waals surface area contributed by atoms with E-state index in [0.717, 1.165) is 10.8 Å². The molecule has 0 aromatic carbocycles. The van der Waals surface area contributed by atoms with Crippen LogP contribution in [0.3, 0.4) is 0 Å². The fourth-order valence-corrected chi connectivity index (χ4v) is 3.20. The number of rotatable bonds is 4. The monoisotopic (exact) mass is 258 g/mol. The van der Waals surface area contributed by atoms with Crippen molar-refractivity contribution in [3.05, 3.63) is 43.7 Å². The fourth-order valence-electron chi connectivity index (χ4n) is 1.40. The Morgan fingerprint density at radius 1 is 1.40 bits per heavy atom. The van der Waals surface area contributed by atoms with Gasteiger partial charge in [0, 0.05) is 4.88 Å². The minimum atomic E-state index is 0.150. The van der Waals surface area contributed by atoms with Gasteiger partial charge in [0.2, 0.25) is 0 Å². The highest BCUT2D eigenvalue weighted by molar-refractivity contribution is 7.16. The molecule has 1 atom stereocenters. The van der Waals surface area contributed by atoms with Gasteiger partial charge in [0.25, 0.3) is 0 Å². The number of thiophene rings is 2. The van der Waals surface area contributed by atoms with Crippen molar-refractivity contribution in [1.82, 2.24) is 5.43 Å². The van der Waals surface area contributed by atoms with E-state index < -0.39 is 0 Å². The SMILES string of the molecule is NNC(Cc1ccsc1)c1ccc(Cl)s1. The van der Waals surface area contributed by atoms with Gasteiger partial charge in [-0.05, 0) is 40.9 Å². The third-order valence-electron chi connectivity index (χ3n) is 2.16. The van der Waals surface area contributed by atoms with Gasteiger partial charge in [-0.25, -0.2) is 0 Å². The van der Waals surface area contributed by atoms with Gasteiger partial charge in [-0.3, -0.25) is 11.3 Å². The summed E-state index contributed by atoms with van der Waals surface area (Å²) in [6.07, 6.45) is 0.900. The standard InChI is InChI=1S/C10H11ClN2S2/c11-10-2-1-9(15-10)8(13-12)5-7-3-4-14-6-7/h1-4,6,8,13H,5,12H2. The Morgan fingerprint density at radius 3 is 2.80 bits per heavy atom. The summed E-state index contributed by atoms with van der Waals surface area (Å²) in [4.78, 5) is 1.17. The molecule has 2 aromatic rings. The quantitative estimate of drug-likeness (QED) is 0.653. The number of nitrogens with two attached hydrogens (primary N) is 1. The van der Waals surface area contributed by atoms with Crippen LogP contribution in [0.2, 0.25) is 4.34 Å². The second-order valence-electron chi connectivity index (χ2n) is 3.20. The van der Waals surface area contributed by atoms with Crippen LogP contribution in [0.25, 0.3) is 0 Å². The number of hydrazine groups is 1. The van der Waals surface area contributed by atoms with E-state index in [4.69, 9.17) is 17.4 Å². The zero-order valence-electron chi connectivity index (χ0n) is 7.94. The van der Waals surface area contributed by atoms with Crippen LogP contribution < -0.4 is 11.3 Å². The first-order valence-electron chi connectivity index (χ1n) is 4.52. The van der Waals surface area contributed by atoms with Gasteiger partial charge in [0.1, 0.15) is 0 Å². The van der Waals surface area contributed by atoms with E-state index in [1.165, 1.54) is 10.4 Å². The zero-order valence-corrected chi connectivity index (χ0v) is 10.3. The molecule has 2 heterocycles. The fraction of sp³-hybridized carbons (Fsp3) is 0.200. The molecule has 0 aliphatic carbocycles. The van der Waals surface area contributed by atoms with Gasteiger partial charge in [-0.1, -0.05) is 11.6 Å². The summed E-state index contributed by atoms with van der Waals surface area (Å²) < 4.78 is 0.801. The highest BCUT2D eigenvalue weighted by Crippen LogP contribution is 2.28. The summed E-state index contributed by atoms with van der Waals surface area (Å²) in [6.45, 7) is 0. The van der Waals surface area contributed by atoms with Gasteiger partial charge in [0.15, 0.2) is 0 Å². The maximum atomic E-state index is 5.90. The van der Waals surface area contributed by atoms with Gasteiger partial charge >= 0.3 is 0 Å². The van der Waals surface area contributed by atoms with E-state index in [0.29, 0.717) is 0 Å². The first-order valence-corrected chi connectivity index (χ1v) is 6.66. The molecule has 0 bridgehead atoms. The van der Waals surface area contributed by atoms with Crippen molar-refractivity contribution in [2.45, 2.75) is 12.5 Å². The summed E-state index contributed by atoms with van der Waals surface area (Å²) in [5.41, 5.74) is 4.12. The van der Waals surface area contributed by atoms with Crippen LogP contribution in [0, 0.1) is 0 Å². The second kappa shape index (κ2) is 5.09. The third kappa shape index (κ3) is 2.80. The molecule has 0 amide bonds. The molecule has 80 valence electrons. The van der Waals surface area contributed by atoms with Crippen molar-refractivity contribution in [2.75, 3.05) is 0 Å². The van der Waals surface area contributed by atoms with Crippen LogP contribution in [0.4, 0.5) is 0 Å². The average molecular weight is 259 g/mol. The van der Waals surface area contributed by atoms with Crippen molar-refractivity contribution >= 4 is 34.3 Å². The van der Waals surface area contributed by atoms with Gasteiger partial charge in [-0.2, -0.15) is 11.3 Å². The lowest BCUT2D eigenvalue weighted by Gasteiger charge is -2.12. The van der Waals surface area contributed by atoms with Crippen molar-refractivity contribution < 1.29 is 0 Å². The Kier molecular flexibility index (Phi) is 3.77. The smallest absolute Gasteiger partial charge is 0.0931 e. The Balaban J connectivity index is 2.11. The largest absolute Gasteiger partial charge is 0.271 e. The average Bonchev–Trinajstić information content (AvgIpc) is 2.85. The highest BCUT2D eigenvalue weighted by atomic mass is 35.5. The van der Waals surface area contributed by atoms with E-state index in [1.54, 1.807) is 22.7 Å². The molecule has 0 saturated carbocycles. The summed E-state index contributed by atoms with van der Waals surface area (Å²) >= 11 is 9.17. The molecule has 0 aliphatic heterocycles. The zero-order chi connectivity index (χ0) is 10.7. The molecular formula is C10H11ClN2S2. The molecule has 0 saturated heterocycles. The van der Waals surface area contributed by atoms with Gasteiger partial charge < -0.3 is 0 Å². The van der Waals surface area contributed by atoms with Crippen LogP contribution in [-0.2, 0) is 6.42 Å². The summed E-state index contributed by atoms with van der Waals surface area (Å²) in [7, 11) is 0. The lowest BCUT2D eigenvalue weighted by molar-refractivity contribution is 0.561. The normalized spacial score (nSPS) is 12.9. The molecule has 2 nitrogen and oxygen atoms in total. The molecular weight excluding hydrogens is 248 g/mol. The summed E-state index contributed by atoms with van der Waals surface area (Å²) in [5.74, 6) is 5.55. The molecule has 15 heavy (non-hydrogen) atoms. The van der Waals surface area contributed by atoms with Crippen molar-refractivity contribution in [2.24, 2.45) is 5.84 Å². The van der Waals surface area contributed by atoms with E-state index in [1.807, 2.05) is 12.1 Å². The molecule has 1 unspecified atom stereocenters. The van der Waals surface area contributed by atoms with Crippen molar-refractivity contribution in [1.29, 1.82) is 0 Å². The molecule has 0 spiro atoms. The predicted octanol–water partition coefficient (Wildman–Crippen LogP) is 3.21. The topological polar surface area (TPSA) is 38.0 Å². The minimum absolute atomic E-state index is 0.150. The highest BCUT2D eigenvalue weighted by Gasteiger charge is 2.12. The van der Waals surface area contributed by atoms with Crippen LogP contribution in [0.1, 0.15) is 16.5 Å². The summed E-state index contributed by atoms with van der Waals surface area (Å²) in [5, 5.41) is 4.21. The lowest BCUT2D eigenvalue weighted by Crippen LogP contribution is -2.28. The summed E-state index contributed by atoms with van der Waals surface area (Å²) in [6, 6.07) is 6.19. The maximum absolute atomic E-state index is 5.90. The second-order valence-corrected chi connectivity index (χ2v) is 5.72. The van der Waals surface area contributed by atoms with E-state index >= 15 is 0 Å². The van der Waals surface area contributed by atoms with Crippen molar-refractivity contribution in [3.63, 3.8) is 0 Å². The molecule has 2 rings (SSSR count). The Morgan fingerprint density at radius 2 is 2.27 bits per heavy atom. The van der Waals surface area contributed by atoms with Crippen LogP contribution >= 0.6 is 34.3 Å². The Hall–Kier alpha value is -0.390. The lowest BCUT2D eigenvalue weighted by atomic mass is 10.1. The van der Waals surface area contributed by atoms with Crippen LogP contribution in [-0.4, -0.2) is 0 Å². The van der Waals surface area contributed by atoms with E-state index in [-0.39, 0.29) is 6.04 Å². The predicted molar refractivity (Wildman–Crippen MR) is 67.4 cm³/mol. The first kappa shape index (κ1) is 11.1. The molecule has 0 aliphatic rings. The molecule has 3 N–H and O–H groups in total. The van der Waals surface area contributed by atoms with Crippen molar-refractivity contribution in [3.8, 4) is 0 Å². The first-order chi connectivity index (χ1) is 7.29. The number of hydrogen-bond donors (Lipinski definition) is 2. The Bertz CT molecular complexity index is 411. The molecule has 0 radical (unpaired) electrons. The maximum Gasteiger partial charge on any atom is 0.0931 e. The van der Waals surface area contributed by atoms with E-state index in [9.17, 15) is 0 Å². The third-order valence-corrected chi connectivity index (χ3v) is 4.24. The van der Waals surface area contributed by atoms with Crippen LogP contribution in [0.15, 0.2) is 29.0 Å². The number of halogens is 1. The van der Waals surface area contributed by atoms with Gasteiger partial charge in [-0.15, -0.1) is 11.3 Å². The minimum Gasteiger partial charge on any atom is -0.271 e. The Labute approximate surface area is 102 Å². The number of hydrogen-bond acceptors (Lipinski definition) is 4. The number of nitrogens with one attached hydrogen (secondary N) is 1. The van der Waals surface area contributed by atoms with Gasteiger partial charge in [0.05, 0.1) is 10.4 Å². The molecule has 5 heteroatoms.